The molecular weight excluding hydrogens is 254 g/mol. The highest BCUT2D eigenvalue weighted by Gasteiger charge is 2.14. The van der Waals surface area contributed by atoms with E-state index in [1.54, 1.807) is 14.2 Å². The Morgan fingerprint density at radius 1 is 1.10 bits per heavy atom. The van der Waals surface area contributed by atoms with Crippen LogP contribution in [0, 0.1) is 5.92 Å². The van der Waals surface area contributed by atoms with Crippen molar-refractivity contribution in [2.45, 2.75) is 38.6 Å². The monoisotopic (exact) mass is 279 g/mol. The molecule has 0 bridgehead atoms. The van der Waals surface area contributed by atoms with Gasteiger partial charge in [0.15, 0.2) is 11.5 Å². The number of rotatable bonds is 6. The van der Waals surface area contributed by atoms with Gasteiger partial charge in [0, 0.05) is 6.54 Å². The maximum absolute atomic E-state index is 9.87. The summed E-state index contributed by atoms with van der Waals surface area (Å²) in [5.74, 6) is 1.79. The Morgan fingerprint density at radius 2 is 1.70 bits per heavy atom. The lowest BCUT2D eigenvalue weighted by Gasteiger charge is -2.22. The zero-order valence-corrected chi connectivity index (χ0v) is 12.4. The molecule has 112 valence electrons. The van der Waals surface area contributed by atoms with Crippen LogP contribution in [0.3, 0.4) is 0 Å². The number of aromatic hydroxyl groups is 1. The Kier molecular flexibility index (Phi) is 5.53. The van der Waals surface area contributed by atoms with Crippen LogP contribution < -0.4 is 14.8 Å². The van der Waals surface area contributed by atoms with Crippen molar-refractivity contribution in [1.82, 2.24) is 5.32 Å². The molecule has 1 aromatic carbocycles. The molecule has 0 aliphatic heterocycles. The van der Waals surface area contributed by atoms with Gasteiger partial charge in [-0.2, -0.15) is 0 Å². The van der Waals surface area contributed by atoms with E-state index in [1.807, 2.05) is 12.1 Å². The molecule has 0 unspecified atom stereocenters. The highest BCUT2D eigenvalue weighted by molar-refractivity contribution is 5.52. The van der Waals surface area contributed by atoms with Gasteiger partial charge in [-0.25, -0.2) is 0 Å². The Labute approximate surface area is 121 Å². The first-order valence-electron chi connectivity index (χ1n) is 7.39. The van der Waals surface area contributed by atoms with Crippen molar-refractivity contribution in [3.63, 3.8) is 0 Å². The average molecular weight is 279 g/mol. The van der Waals surface area contributed by atoms with Gasteiger partial charge in [0.1, 0.15) is 0 Å². The van der Waals surface area contributed by atoms with Crippen LogP contribution in [-0.2, 0) is 6.54 Å². The molecule has 1 aliphatic carbocycles. The van der Waals surface area contributed by atoms with Crippen LogP contribution in [0.2, 0.25) is 0 Å². The first-order valence-corrected chi connectivity index (χ1v) is 7.39. The van der Waals surface area contributed by atoms with Crippen molar-refractivity contribution in [3.05, 3.63) is 17.7 Å². The summed E-state index contributed by atoms with van der Waals surface area (Å²) in [5.41, 5.74) is 1.06. The van der Waals surface area contributed by atoms with Crippen molar-refractivity contribution >= 4 is 0 Å². The molecule has 2 N–H and O–H groups in total. The van der Waals surface area contributed by atoms with Crippen LogP contribution in [-0.4, -0.2) is 25.9 Å². The summed E-state index contributed by atoms with van der Waals surface area (Å²) in [4.78, 5) is 0. The fraction of sp³-hybridized carbons (Fsp3) is 0.625. The Balaban J connectivity index is 1.91. The second-order valence-electron chi connectivity index (χ2n) is 5.48. The fourth-order valence-corrected chi connectivity index (χ4v) is 2.86. The predicted octanol–water partition coefficient (Wildman–Crippen LogP) is 3.08. The van der Waals surface area contributed by atoms with Crippen LogP contribution in [0.25, 0.3) is 0 Å². The summed E-state index contributed by atoms with van der Waals surface area (Å²) in [6.07, 6.45) is 6.81. The maximum Gasteiger partial charge on any atom is 0.200 e. The molecule has 0 saturated heterocycles. The molecule has 0 aromatic heterocycles. The van der Waals surface area contributed by atoms with Crippen molar-refractivity contribution in [2.75, 3.05) is 20.8 Å². The van der Waals surface area contributed by atoms with Gasteiger partial charge in [-0.05, 0) is 43.0 Å². The molecular formula is C16H25NO3. The number of hydrogen-bond donors (Lipinski definition) is 2. The Morgan fingerprint density at radius 3 is 2.25 bits per heavy atom. The third-order valence-corrected chi connectivity index (χ3v) is 4.03. The quantitative estimate of drug-likeness (QED) is 0.840. The van der Waals surface area contributed by atoms with E-state index in [4.69, 9.17) is 9.47 Å². The van der Waals surface area contributed by atoms with Crippen molar-refractivity contribution in [2.24, 2.45) is 5.92 Å². The average Bonchev–Trinajstić information content (AvgIpc) is 2.49. The second kappa shape index (κ2) is 7.39. The molecule has 0 radical (unpaired) electrons. The SMILES string of the molecule is COc1cc(CNCC2CCCCC2)cc(OC)c1O. The molecule has 4 heteroatoms. The zero-order valence-electron chi connectivity index (χ0n) is 12.4. The summed E-state index contributed by atoms with van der Waals surface area (Å²) in [6, 6.07) is 3.71. The van der Waals surface area contributed by atoms with Gasteiger partial charge in [-0.1, -0.05) is 19.3 Å². The molecule has 1 fully saturated rings. The minimum atomic E-state index is 0.0611. The van der Waals surface area contributed by atoms with E-state index < -0.39 is 0 Å². The first-order chi connectivity index (χ1) is 9.74. The Hall–Kier alpha value is -1.42. The van der Waals surface area contributed by atoms with Gasteiger partial charge in [-0.15, -0.1) is 0 Å². The number of phenolic OH excluding ortho intramolecular Hbond substituents is 1. The Bertz CT molecular complexity index is 403. The van der Waals surface area contributed by atoms with Crippen molar-refractivity contribution < 1.29 is 14.6 Å². The van der Waals surface area contributed by atoms with E-state index in [1.165, 1.54) is 32.1 Å². The highest BCUT2D eigenvalue weighted by atomic mass is 16.5. The minimum absolute atomic E-state index is 0.0611. The normalized spacial score (nSPS) is 16.1. The van der Waals surface area contributed by atoms with Crippen LogP contribution in [0.1, 0.15) is 37.7 Å². The fourth-order valence-electron chi connectivity index (χ4n) is 2.86. The molecule has 2 rings (SSSR count). The van der Waals surface area contributed by atoms with Gasteiger partial charge in [0.05, 0.1) is 14.2 Å². The van der Waals surface area contributed by atoms with Gasteiger partial charge < -0.3 is 19.9 Å². The molecule has 0 spiro atoms. The number of phenols is 1. The van der Waals surface area contributed by atoms with Crippen LogP contribution in [0.4, 0.5) is 0 Å². The maximum atomic E-state index is 9.87. The van der Waals surface area contributed by atoms with Crippen molar-refractivity contribution in [3.8, 4) is 17.2 Å². The molecule has 1 saturated carbocycles. The van der Waals surface area contributed by atoms with E-state index in [-0.39, 0.29) is 5.75 Å². The number of hydrogen-bond acceptors (Lipinski definition) is 4. The second-order valence-corrected chi connectivity index (χ2v) is 5.48. The minimum Gasteiger partial charge on any atom is -0.502 e. The van der Waals surface area contributed by atoms with E-state index in [2.05, 4.69) is 5.32 Å². The summed E-state index contributed by atoms with van der Waals surface area (Å²) < 4.78 is 10.3. The van der Waals surface area contributed by atoms with Gasteiger partial charge in [0.25, 0.3) is 0 Å². The van der Waals surface area contributed by atoms with Crippen LogP contribution in [0.5, 0.6) is 17.2 Å². The highest BCUT2D eigenvalue weighted by Crippen LogP contribution is 2.37. The van der Waals surface area contributed by atoms with Gasteiger partial charge >= 0.3 is 0 Å². The molecule has 0 heterocycles. The molecule has 0 amide bonds. The molecule has 1 aromatic rings. The first kappa shape index (κ1) is 15.0. The number of benzene rings is 1. The number of methoxy groups -OCH3 is 2. The topological polar surface area (TPSA) is 50.7 Å². The van der Waals surface area contributed by atoms with E-state index in [9.17, 15) is 5.11 Å². The number of ether oxygens (including phenoxy) is 2. The summed E-state index contributed by atoms with van der Waals surface area (Å²) in [6.45, 7) is 1.83. The molecule has 0 atom stereocenters. The van der Waals surface area contributed by atoms with E-state index in [0.717, 1.165) is 24.6 Å². The van der Waals surface area contributed by atoms with Crippen molar-refractivity contribution in [1.29, 1.82) is 0 Å². The smallest absolute Gasteiger partial charge is 0.200 e. The largest absolute Gasteiger partial charge is 0.502 e. The van der Waals surface area contributed by atoms with Gasteiger partial charge in [-0.3, -0.25) is 0 Å². The summed E-state index contributed by atoms with van der Waals surface area (Å²) >= 11 is 0. The lowest BCUT2D eigenvalue weighted by molar-refractivity contribution is 0.335. The summed E-state index contributed by atoms with van der Waals surface area (Å²) in [5, 5.41) is 13.4. The standard InChI is InChI=1S/C16H25NO3/c1-19-14-8-13(9-15(20-2)16(14)18)11-17-10-12-6-4-3-5-7-12/h8-9,12,17-18H,3-7,10-11H2,1-2H3. The van der Waals surface area contributed by atoms with E-state index in [0.29, 0.717) is 11.5 Å². The van der Waals surface area contributed by atoms with E-state index >= 15 is 0 Å². The zero-order chi connectivity index (χ0) is 14.4. The van der Waals surface area contributed by atoms with Crippen LogP contribution in [0.15, 0.2) is 12.1 Å². The third kappa shape index (κ3) is 3.79. The molecule has 1 aliphatic rings. The molecule has 20 heavy (non-hydrogen) atoms. The lowest BCUT2D eigenvalue weighted by atomic mass is 9.89. The molecule has 4 nitrogen and oxygen atoms in total. The van der Waals surface area contributed by atoms with Crippen LogP contribution >= 0.6 is 0 Å². The van der Waals surface area contributed by atoms with Gasteiger partial charge in [0.2, 0.25) is 5.75 Å². The lowest BCUT2D eigenvalue weighted by Crippen LogP contribution is -2.24. The number of nitrogens with one attached hydrogen (secondary N) is 1. The third-order valence-electron chi connectivity index (χ3n) is 4.03. The summed E-state index contributed by atoms with van der Waals surface area (Å²) in [7, 11) is 3.10. The predicted molar refractivity (Wildman–Crippen MR) is 79.5 cm³/mol.